The Labute approximate surface area is 331 Å². The smallest absolute Gasteiger partial charge is 0.300 e. The van der Waals surface area contributed by atoms with Crippen LogP contribution in [0.2, 0.25) is 0 Å². The van der Waals surface area contributed by atoms with Gasteiger partial charge in [0.25, 0.3) is 20.2 Å². The van der Waals surface area contributed by atoms with E-state index < -0.39 is 64.1 Å². The van der Waals surface area contributed by atoms with Gasteiger partial charge in [-0.15, -0.1) is 0 Å². The molecule has 0 saturated heterocycles. The van der Waals surface area contributed by atoms with Crippen molar-refractivity contribution in [3.8, 4) is 22.5 Å². The summed E-state index contributed by atoms with van der Waals surface area (Å²) in [6.45, 7) is 6.62. The van der Waals surface area contributed by atoms with Crippen LogP contribution in [0.25, 0.3) is 33.4 Å². The summed E-state index contributed by atoms with van der Waals surface area (Å²) in [5.41, 5.74) is 5.18. The van der Waals surface area contributed by atoms with Gasteiger partial charge >= 0.3 is 0 Å². The van der Waals surface area contributed by atoms with E-state index in [2.05, 4.69) is 22.9 Å². The number of aliphatic hydroxyl groups excluding tert-OH is 1. The molecule has 4 rings (SSSR count). The summed E-state index contributed by atoms with van der Waals surface area (Å²) in [6, 6.07) is 11.5. The largest absolute Gasteiger partial charge is 0.453 e. The van der Waals surface area contributed by atoms with E-state index in [4.69, 9.17) is 15.6 Å². The van der Waals surface area contributed by atoms with Crippen molar-refractivity contribution in [3.63, 3.8) is 0 Å². The quantitative estimate of drug-likeness (QED) is 0.0221. The van der Waals surface area contributed by atoms with E-state index in [0.717, 1.165) is 25.3 Å². The van der Waals surface area contributed by atoms with E-state index in [1.807, 2.05) is 13.8 Å². The SMILES string of the molecule is CCCCC(C)(C)C(=O)NCCC(=O)NCCNC(=O)CCCN(C)C(O)c1ccccc1-c1c2ccc(=N)c(S(=O)(=O)O)c-2oc2c(S(=O)(=O)O)c(N)ccc12. The fourth-order valence-electron chi connectivity index (χ4n) is 6.44. The number of rotatable bonds is 19. The second-order valence-corrected chi connectivity index (χ2v) is 17.1. The molecule has 17 nitrogen and oxygen atoms in total. The molecule has 1 atom stereocenters. The Morgan fingerprint density at radius 3 is 2.12 bits per heavy atom. The predicted molar refractivity (Wildman–Crippen MR) is 212 cm³/mol. The van der Waals surface area contributed by atoms with Gasteiger partial charge in [0.1, 0.15) is 6.23 Å². The Morgan fingerprint density at radius 2 is 1.49 bits per heavy atom. The molecule has 2 aromatic carbocycles. The first-order valence-electron chi connectivity index (χ1n) is 18.3. The Morgan fingerprint density at radius 1 is 0.860 bits per heavy atom. The van der Waals surface area contributed by atoms with E-state index >= 15 is 0 Å². The van der Waals surface area contributed by atoms with Crippen LogP contribution in [0.4, 0.5) is 5.69 Å². The molecule has 1 heterocycles. The monoisotopic (exact) mass is 830 g/mol. The van der Waals surface area contributed by atoms with Crippen LogP contribution in [0.15, 0.2) is 62.7 Å². The minimum Gasteiger partial charge on any atom is -0.453 e. The van der Waals surface area contributed by atoms with E-state index in [0.29, 0.717) is 6.42 Å². The lowest BCUT2D eigenvalue weighted by Gasteiger charge is -2.27. The zero-order chi connectivity index (χ0) is 42.3. The number of unbranched alkanes of at least 4 members (excludes halogenated alkanes) is 1. The van der Waals surface area contributed by atoms with Crippen molar-refractivity contribution in [1.82, 2.24) is 20.9 Å². The molecule has 1 unspecified atom stereocenters. The molecule has 310 valence electrons. The average Bonchev–Trinajstić information content (AvgIpc) is 3.13. The Hall–Kier alpha value is -4.92. The Balaban J connectivity index is 1.45. The van der Waals surface area contributed by atoms with Crippen molar-refractivity contribution >= 4 is 54.6 Å². The molecule has 1 aliphatic heterocycles. The fraction of sp³-hybridized carbons (Fsp3) is 0.421. The van der Waals surface area contributed by atoms with Crippen LogP contribution in [-0.2, 0) is 34.6 Å². The van der Waals surface area contributed by atoms with Crippen LogP contribution in [0.5, 0.6) is 0 Å². The summed E-state index contributed by atoms with van der Waals surface area (Å²) in [5, 5.41) is 27.4. The second-order valence-electron chi connectivity index (χ2n) is 14.3. The zero-order valence-corrected chi connectivity index (χ0v) is 33.8. The molecule has 0 saturated carbocycles. The molecule has 0 fully saturated rings. The molecular formula is C38H50N6O11S2. The van der Waals surface area contributed by atoms with Gasteiger partial charge in [-0.1, -0.05) is 57.9 Å². The number of nitrogen functional groups attached to an aromatic ring is 1. The third-order valence-electron chi connectivity index (χ3n) is 9.53. The number of nitrogens with two attached hydrogens (primary N) is 1. The summed E-state index contributed by atoms with van der Waals surface area (Å²) in [4.78, 5) is 36.9. The number of hydrogen-bond donors (Lipinski definition) is 8. The molecule has 0 spiro atoms. The molecular weight excluding hydrogens is 781 g/mol. The highest BCUT2D eigenvalue weighted by molar-refractivity contribution is 7.86. The summed E-state index contributed by atoms with van der Waals surface area (Å²) in [7, 11) is -8.57. The van der Waals surface area contributed by atoms with Crippen molar-refractivity contribution in [2.45, 2.75) is 75.3 Å². The molecule has 0 radical (unpaired) electrons. The van der Waals surface area contributed by atoms with Crippen LogP contribution < -0.4 is 27.0 Å². The molecule has 2 aromatic rings. The van der Waals surface area contributed by atoms with Crippen molar-refractivity contribution in [2.24, 2.45) is 5.41 Å². The number of aliphatic hydroxyl groups is 1. The fourth-order valence-corrected chi connectivity index (χ4v) is 7.92. The van der Waals surface area contributed by atoms with Crippen LogP contribution in [0, 0.1) is 10.8 Å². The van der Waals surface area contributed by atoms with Gasteiger partial charge in [0, 0.05) is 66.5 Å². The van der Waals surface area contributed by atoms with Gasteiger partial charge in [-0.05, 0) is 49.7 Å². The summed E-state index contributed by atoms with van der Waals surface area (Å²) < 4.78 is 76.0. The number of carbonyl (C=O) groups excluding carboxylic acids is 3. The van der Waals surface area contributed by atoms with Crippen molar-refractivity contribution in [2.75, 3.05) is 39.0 Å². The molecule has 0 bridgehead atoms. The van der Waals surface area contributed by atoms with Crippen LogP contribution in [0.1, 0.15) is 71.1 Å². The maximum absolute atomic E-state index is 12.6. The molecule has 57 heavy (non-hydrogen) atoms. The van der Waals surface area contributed by atoms with Crippen molar-refractivity contribution in [1.29, 1.82) is 5.41 Å². The van der Waals surface area contributed by atoms with E-state index in [1.54, 1.807) is 36.2 Å². The number of fused-ring (bicyclic) bond motifs is 2. The molecule has 9 N–H and O–H groups in total. The first kappa shape index (κ1) is 44.8. The number of nitrogens with zero attached hydrogens (tertiary/aromatic N) is 1. The number of hydrogen-bond acceptors (Lipinski definition) is 12. The topological polar surface area (TPSA) is 283 Å². The third kappa shape index (κ3) is 10.9. The molecule has 3 amide bonds. The molecule has 19 heteroatoms. The highest BCUT2D eigenvalue weighted by atomic mass is 32.2. The normalized spacial score (nSPS) is 12.8. The Kier molecular flexibility index (Phi) is 14.6. The minimum absolute atomic E-state index is 0.0287. The van der Waals surface area contributed by atoms with Crippen LogP contribution in [-0.4, -0.2) is 86.9 Å². The number of amides is 3. The zero-order valence-electron chi connectivity index (χ0n) is 32.2. The third-order valence-corrected chi connectivity index (χ3v) is 11.4. The molecule has 1 aliphatic carbocycles. The minimum atomic E-state index is -5.11. The van der Waals surface area contributed by atoms with Crippen molar-refractivity contribution < 1.29 is 49.8 Å². The maximum atomic E-state index is 12.6. The van der Waals surface area contributed by atoms with E-state index in [-0.39, 0.29) is 84.4 Å². The van der Waals surface area contributed by atoms with Gasteiger partial charge in [-0.3, -0.25) is 33.8 Å². The number of nitrogens with one attached hydrogen (secondary N) is 4. The van der Waals surface area contributed by atoms with Crippen LogP contribution >= 0.6 is 0 Å². The highest BCUT2D eigenvalue weighted by Crippen LogP contribution is 2.46. The standard InChI is InChI=1S/C38H50N6O11S2/c1-5-6-18-38(2,3)37(48)43-19-17-30(46)42-21-20-41-29(45)12-9-22-44(4)36(47)24-11-8-7-10-23(24)31-25-13-15-27(39)34(56(49,50)51)32(25)55-33-26(31)14-16-28(40)35(33)57(52,53)54/h7-8,10-11,13-16,36,39,47H,5-6,9,12,17-22,40H2,1-4H3,(H,41,45)(H,42,46)(H,43,48)(H,49,50,51)(H,52,53,54). The van der Waals surface area contributed by atoms with Gasteiger partial charge in [0.15, 0.2) is 21.1 Å². The first-order chi connectivity index (χ1) is 26.7. The van der Waals surface area contributed by atoms with Gasteiger partial charge in [0.05, 0.1) is 11.0 Å². The summed E-state index contributed by atoms with van der Waals surface area (Å²) in [5.74, 6) is -1.23. The average molecular weight is 831 g/mol. The molecule has 2 aliphatic rings. The highest BCUT2D eigenvalue weighted by Gasteiger charge is 2.32. The molecule has 0 aromatic heterocycles. The lowest BCUT2D eigenvalue weighted by molar-refractivity contribution is -0.130. The lowest BCUT2D eigenvalue weighted by atomic mass is 9.86. The van der Waals surface area contributed by atoms with Gasteiger partial charge in [-0.2, -0.15) is 16.8 Å². The Bertz CT molecular complexity index is 2380. The van der Waals surface area contributed by atoms with Gasteiger partial charge in [-0.25, -0.2) is 0 Å². The second kappa shape index (κ2) is 18.6. The summed E-state index contributed by atoms with van der Waals surface area (Å²) >= 11 is 0. The number of carbonyl (C=O) groups is 3. The van der Waals surface area contributed by atoms with Gasteiger partial charge < -0.3 is 31.2 Å². The first-order valence-corrected chi connectivity index (χ1v) is 21.2. The van der Waals surface area contributed by atoms with Gasteiger partial charge in [0.2, 0.25) is 17.7 Å². The number of benzene rings is 3. The summed E-state index contributed by atoms with van der Waals surface area (Å²) in [6.07, 6.45) is 1.88. The maximum Gasteiger partial charge on any atom is 0.300 e. The van der Waals surface area contributed by atoms with Crippen LogP contribution in [0.3, 0.4) is 0 Å². The lowest BCUT2D eigenvalue weighted by Crippen LogP contribution is -2.40. The van der Waals surface area contributed by atoms with E-state index in [1.165, 1.54) is 18.2 Å². The number of anilines is 1. The van der Waals surface area contributed by atoms with E-state index in [9.17, 15) is 45.4 Å². The van der Waals surface area contributed by atoms with Crippen molar-refractivity contribution in [3.05, 3.63) is 59.5 Å². The predicted octanol–water partition coefficient (Wildman–Crippen LogP) is 3.42.